The highest BCUT2D eigenvalue weighted by Crippen LogP contribution is 2.32. The summed E-state index contributed by atoms with van der Waals surface area (Å²) >= 11 is 0. The van der Waals surface area contributed by atoms with E-state index < -0.39 is 30.0 Å². The molecule has 1 aliphatic carbocycles. The Balaban J connectivity index is 2.07. The minimum absolute atomic E-state index is 0.108. The van der Waals surface area contributed by atoms with Gasteiger partial charge in [0.05, 0.1) is 13.2 Å². The molecule has 1 aromatic heterocycles. The van der Waals surface area contributed by atoms with Crippen molar-refractivity contribution in [3.05, 3.63) is 18.0 Å². The van der Waals surface area contributed by atoms with Crippen LogP contribution in [0, 0.1) is 17.8 Å². The molecule has 0 aromatic carbocycles. The summed E-state index contributed by atoms with van der Waals surface area (Å²) in [6, 6.07) is 0.512. The van der Waals surface area contributed by atoms with Crippen LogP contribution >= 0.6 is 0 Å². The van der Waals surface area contributed by atoms with Crippen molar-refractivity contribution in [2.24, 2.45) is 17.8 Å². The van der Waals surface area contributed by atoms with Gasteiger partial charge in [-0.1, -0.05) is 33.6 Å². The van der Waals surface area contributed by atoms with Gasteiger partial charge in [-0.2, -0.15) is 0 Å². The molecule has 0 bridgehead atoms. The first-order chi connectivity index (χ1) is 17.1. The molecule has 0 unspecified atom stereocenters. The normalized spacial score (nSPS) is 16.6. The van der Waals surface area contributed by atoms with Gasteiger partial charge in [-0.05, 0) is 50.9 Å². The number of aromatic nitrogens is 1. The largest absolute Gasteiger partial charge is 0.493 e. The van der Waals surface area contributed by atoms with Gasteiger partial charge >= 0.3 is 11.9 Å². The minimum atomic E-state index is -0.960. The van der Waals surface area contributed by atoms with Crippen molar-refractivity contribution in [2.45, 2.75) is 91.9 Å². The maximum atomic E-state index is 12.9. The summed E-state index contributed by atoms with van der Waals surface area (Å²) in [4.78, 5) is 41.3. The molecule has 9 heteroatoms. The fraction of sp³-hybridized carbons (Fsp3) is 0.704. The molecule has 4 atom stereocenters. The maximum absolute atomic E-state index is 12.9. The summed E-state index contributed by atoms with van der Waals surface area (Å²) < 4.78 is 22.4. The van der Waals surface area contributed by atoms with E-state index in [1.165, 1.54) is 46.1 Å². The van der Waals surface area contributed by atoms with Crippen LogP contribution < -0.4 is 14.8 Å². The molecule has 0 saturated heterocycles. The molecule has 1 saturated carbocycles. The van der Waals surface area contributed by atoms with Crippen LogP contribution in [0.25, 0.3) is 0 Å². The Labute approximate surface area is 214 Å². The second kappa shape index (κ2) is 14.2. The Morgan fingerprint density at radius 2 is 1.83 bits per heavy atom. The molecule has 202 valence electrons. The molecule has 1 aliphatic rings. The van der Waals surface area contributed by atoms with Gasteiger partial charge in [0.25, 0.3) is 5.91 Å². The molecule has 1 fully saturated rings. The van der Waals surface area contributed by atoms with E-state index in [1.54, 1.807) is 0 Å². The van der Waals surface area contributed by atoms with Gasteiger partial charge < -0.3 is 24.3 Å². The highest BCUT2D eigenvalue weighted by molar-refractivity contribution is 5.98. The second-order valence-corrected chi connectivity index (χ2v) is 10.0. The van der Waals surface area contributed by atoms with Crippen LogP contribution in [0.5, 0.6) is 11.5 Å². The third kappa shape index (κ3) is 9.08. The van der Waals surface area contributed by atoms with Crippen LogP contribution in [0.3, 0.4) is 0 Å². The van der Waals surface area contributed by atoms with Crippen molar-refractivity contribution in [1.82, 2.24) is 10.3 Å². The first kappa shape index (κ1) is 29.5. The van der Waals surface area contributed by atoms with Crippen molar-refractivity contribution < 1.29 is 33.3 Å². The van der Waals surface area contributed by atoms with Gasteiger partial charge in [0.2, 0.25) is 5.75 Å². The van der Waals surface area contributed by atoms with Gasteiger partial charge in [0.15, 0.2) is 11.4 Å². The van der Waals surface area contributed by atoms with E-state index >= 15 is 0 Å². The molecule has 9 nitrogen and oxygen atoms in total. The lowest BCUT2D eigenvalue weighted by Crippen LogP contribution is -2.44. The van der Waals surface area contributed by atoms with Crippen LogP contribution in [0.2, 0.25) is 0 Å². The fourth-order valence-corrected chi connectivity index (χ4v) is 4.01. The molecule has 1 aromatic rings. The number of nitrogens with zero attached hydrogens (tertiary/aromatic N) is 1. The Hall–Kier alpha value is -2.68. The van der Waals surface area contributed by atoms with E-state index in [0.29, 0.717) is 18.4 Å². The summed E-state index contributed by atoms with van der Waals surface area (Å²) in [7, 11) is 1.39. The lowest BCUT2D eigenvalue weighted by molar-refractivity contribution is -0.162. The maximum Gasteiger partial charge on any atom is 0.328 e. The summed E-state index contributed by atoms with van der Waals surface area (Å²) in [5, 5.41) is 2.59. The van der Waals surface area contributed by atoms with E-state index in [1.807, 2.05) is 6.92 Å². The number of hydrogen-bond acceptors (Lipinski definition) is 8. The summed E-state index contributed by atoms with van der Waals surface area (Å²) in [6.45, 7) is 11.8. The smallest absolute Gasteiger partial charge is 0.328 e. The molecule has 1 N–H and O–H groups in total. The van der Waals surface area contributed by atoms with E-state index in [4.69, 9.17) is 18.9 Å². The van der Waals surface area contributed by atoms with Crippen molar-refractivity contribution in [3.63, 3.8) is 0 Å². The van der Waals surface area contributed by atoms with Crippen molar-refractivity contribution in [2.75, 3.05) is 13.7 Å². The number of ether oxygens (including phenoxy) is 4. The number of methoxy groups -OCH3 is 1. The number of esters is 2. The van der Waals surface area contributed by atoms with Gasteiger partial charge in [-0.3, -0.25) is 9.59 Å². The molecule has 36 heavy (non-hydrogen) atoms. The molecule has 0 radical (unpaired) electrons. The van der Waals surface area contributed by atoms with E-state index in [-0.39, 0.29) is 29.2 Å². The predicted octanol–water partition coefficient (Wildman–Crippen LogP) is 4.32. The molecule has 0 spiro atoms. The van der Waals surface area contributed by atoms with Gasteiger partial charge in [-0.25, -0.2) is 9.78 Å². The number of carbonyl (C=O) groups is 3. The minimum Gasteiger partial charge on any atom is -0.493 e. The number of pyridine rings is 1. The van der Waals surface area contributed by atoms with Crippen LogP contribution in [-0.4, -0.2) is 54.8 Å². The average Bonchev–Trinajstić information content (AvgIpc) is 3.64. The summed E-state index contributed by atoms with van der Waals surface area (Å²) in [6.07, 6.45) is 6.04. The average molecular weight is 507 g/mol. The molecular weight excluding hydrogens is 464 g/mol. The third-order valence-corrected chi connectivity index (χ3v) is 6.34. The van der Waals surface area contributed by atoms with Crippen molar-refractivity contribution >= 4 is 17.8 Å². The number of carbonyl (C=O) groups excluding carboxylic acids is 3. The van der Waals surface area contributed by atoms with Crippen molar-refractivity contribution in [3.8, 4) is 11.5 Å². The highest BCUT2D eigenvalue weighted by atomic mass is 16.6. The molecular formula is C27H42N2O7. The Bertz CT molecular complexity index is 885. The predicted molar refractivity (Wildman–Crippen MR) is 135 cm³/mol. The number of amides is 1. The fourth-order valence-electron chi connectivity index (χ4n) is 4.01. The molecule has 1 amide bonds. The monoisotopic (exact) mass is 506 g/mol. The Morgan fingerprint density at radius 1 is 1.14 bits per heavy atom. The molecule has 1 heterocycles. The van der Waals surface area contributed by atoms with E-state index in [9.17, 15) is 14.4 Å². The van der Waals surface area contributed by atoms with Gasteiger partial charge in [0.1, 0.15) is 12.1 Å². The standard InChI is InChI=1S/C27H42N2O7/c1-8-21(12-9-16(2)3)24(34-15-20-10-11-20)18(5)35-27(32)17(4)29-26(31)23-25(36-19(6)30)22(33-7)13-14-28-23/h13-14,16-18,20-21,24H,8-12,15H2,1-7H3,(H,29,31)/t17-,18-,21-,24+/m0/s1. The zero-order chi connectivity index (χ0) is 26.8. The molecule has 2 rings (SSSR count). The first-order valence-electron chi connectivity index (χ1n) is 12.9. The first-order valence-corrected chi connectivity index (χ1v) is 12.9. The number of nitrogens with one attached hydrogen (secondary N) is 1. The van der Waals surface area contributed by atoms with Crippen LogP contribution in [0.4, 0.5) is 0 Å². The highest BCUT2D eigenvalue weighted by Gasteiger charge is 2.33. The van der Waals surface area contributed by atoms with Crippen LogP contribution in [0.15, 0.2) is 12.3 Å². The van der Waals surface area contributed by atoms with E-state index in [2.05, 4.69) is 31.1 Å². The SMILES string of the molecule is CC[C@@H](CCC(C)C)[C@H](OCC1CC1)[C@H](C)OC(=O)[C@H](C)NC(=O)c1nccc(OC)c1OC(C)=O. The molecule has 0 aliphatic heterocycles. The second-order valence-electron chi connectivity index (χ2n) is 10.0. The van der Waals surface area contributed by atoms with Gasteiger partial charge in [0, 0.05) is 25.8 Å². The van der Waals surface area contributed by atoms with Crippen LogP contribution in [-0.2, 0) is 19.1 Å². The zero-order valence-corrected chi connectivity index (χ0v) is 22.7. The van der Waals surface area contributed by atoms with Crippen molar-refractivity contribution in [1.29, 1.82) is 0 Å². The van der Waals surface area contributed by atoms with E-state index in [0.717, 1.165) is 19.3 Å². The quantitative estimate of drug-likeness (QED) is 0.350. The van der Waals surface area contributed by atoms with Gasteiger partial charge in [-0.15, -0.1) is 0 Å². The Kier molecular flexibility index (Phi) is 11.6. The summed E-state index contributed by atoms with van der Waals surface area (Å²) in [5.74, 6) is -0.377. The number of hydrogen-bond donors (Lipinski definition) is 1. The Morgan fingerprint density at radius 3 is 2.39 bits per heavy atom. The lowest BCUT2D eigenvalue weighted by Gasteiger charge is -2.32. The zero-order valence-electron chi connectivity index (χ0n) is 22.7. The number of rotatable bonds is 15. The lowest BCUT2D eigenvalue weighted by atomic mass is 9.88. The summed E-state index contributed by atoms with van der Waals surface area (Å²) in [5.41, 5.74) is -0.164. The topological polar surface area (TPSA) is 113 Å². The van der Waals surface area contributed by atoms with Crippen LogP contribution in [0.1, 0.15) is 84.1 Å². The third-order valence-electron chi connectivity index (χ3n) is 6.34.